The fraction of sp³-hybridized carbons (Fsp3) is 0.465. The Kier molecular flexibility index (Phi) is 11.5. The number of nitrogens with zero attached hydrogens (tertiary/aromatic N) is 7. The number of Topliss-reactive ketones (excluding diaryl/α,β-unsaturated/α-hetero) is 1. The predicted octanol–water partition coefficient (Wildman–Crippen LogP) is 4.75. The molecule has 2 saturated heterocycles. The fourth-order valence-electron chi connectivity index (χ4n) is 9.00. The number of unbranched alkanes of at least 4 members (excludes halogenated alkanes) is 3. The van der Waals surface area contributed by atoms with Crippen molar-refractivity contribution < 1.29 is 24.0 Å². The molecule has 1 saturated carbocycles. The Labute approximate surface area is 341 Å². The number of ketones is 1. The number of nitrogens with one attached hydrogen (secondary N) is 3. The Morgan fingerprint density at radius 3 is 2.39 bits per heavy atom. The minimum absolute atomic E-state index is 0.00883. The summed E-state index contributed by atoms with van der Waals surface area (Å²) in [5.74, 6) is -1.32. The zero-order valence-corrected chi connectivity index (χ0v) is 33.6. The third kappa shape index (κ3) is 8.05. The lowest BCUT2D eigenvalue weighted by atomic mass is 10.0. The number of rotatable bonds is 14. The lowest BCUT2D eigenvalue weighted by Crippen LogP contribution is -2.54. The normalized spacial score (nSPS) is 18.8. The van der Waals surface area contributed by atoms with Crippen LogP contribution in [0.15, 0.2) is 47.5 Å². The number of pyridine rings is 2. The van der Waals surface area contributed by atoms with E-state index in [2.05, 4.69) is 35.7 Å². The second-order valence-corrected chi connectivity index (χ2v) is 16.0. The molecule has 0 spiro atoms. The molecule has 3 aromatic heterocycles. The van der Waals surface area contributed by atoms with E-state index in [1.807, 2.05) is 18.3 Å². The number of anilines is 4. The van der Waals surface area contributed by atoms with Crippen LogP contribution in [0.4, 0.5) is 23.1 Å². The standard InChI is InChI=1S/C43H50N10O6/c1-26-31-25-46-43(49-38(31)52(28-10-5-6-11-28)41(58)36(26)27(2)54)47-34-16-14-29(24-45-34)51-22-20-50(21-23-51)19-8-4-3-7-18-44-32-13-9-12-30-37(32)42(59)53(40(30)57)33-15-17-35(55)48-39(33)56/h9,12-14,16,24-25,28,33,44H,3-8,10-11,15,17-23H2,1-2H3,(H,48,55,56)(H,45,46,47,49). The summed E-state index contributed by atoms with van der Waals surface area (Å²) < 4.78 is 1.71. The fourth-order valence-corrected chi connectivity index (χ4v) is 9.00. The molecule has 308 valence electrons. The van der Waals surface area contributed by atoms with E-state index in [1.165, 1.54) is 6.92 Å². The van der Waals surface area contributed by atoms with Crippen LogP contribution in [0.25, 0.3) is 11.0 Å². The molecule has 6 heterocycles. The number of hydrogen-bond donors (Lipinski definition) is 3. The number of fused-ring (bicyclic) bond motifs is 2. The maximum Gasteiger partial charge on any atom is 0.264 e. The quantitative estimate of drug-likeness (QED) is 0.0900. The summed E-state index contributed by atoms with van der Waals surface area (Å²) in [6.45, 7) is 8.62. The molecule has 59 heavy (non-hydrogen) atoms. The molecule has 1 atom stereocenters. The van der Waals surface area contributed by atoms with E-state index in [1.54, 1.807) is 35.9 Å². The summed E-state index contributed by atoms with van der Waals surface area (Å²) >= 11 is 0. The van der Waals surface area contributed by atoms with E-state index in [9.17, 15) is 28.8 Å². The molecule has 4 amide bonds. The van der Waals surface area contributed by atoms with Gasteiger partial charge in [-0.3, -0.25) is 48.5 Å². The second kappa shape index (κ2) is 17.1. The van der Waals surface area contributed by atoms with Crippen molar-refractivity contribution in [2.24, 2.45) is 0 Å². The van der Waals surface area contributed by atoms with Crippen LogP contribution in [-0.4, -0.2) is 104 Å². The van der Waals surface area contributed by atoms with E-state index >= 15 is 0 Å². The first kappa shape index (κ1) is 39.8. The third-order valence-electron chi connectivity index (χ3n) is 12.2. The molecule has 8 rings (SSSR count). The van der Waals surface area contributed by atoms with Crippen molar-refractivity contribution in [2.75, 3.05) is 54.8 Å². The zero-order valence-electron chi connectivity index (χ0n) is 33.6. The largest absolute Gasteiger partial charge is 0.384 e. The highest BCUT2D eigenvalue weighted by Crippen LogP contribution is 2.34. The number of amides is 4. The summed E-state index contributed by atoms with van der Waals surface area (Å²) in [4.78, 5) is 96.3. The first-order valence-electron chi connectivity index (χ1n) is 20.8. The van der Waals surface area contributed by atoms with E-state index in [-0.39, 0.29) is 46.9 Å². The van der Waals surface area contributed by atoms with Gasteiger partial charge >= 0.3 is 0 Å². The Balaban J connectivity index is 0.775. The van der Waals surface area contributed by atoms with Crippen molar-refractivity contribution in [3.8, 4) is 0 Å². The Morgan fingerprint density at radius 1 is 0.881 bits per heavy atom. The van der Waals surface area contributed by atoms with Crippen LogP contribution in [0.3, 0.4) is 0 Å². The highest BCUT2D eigenvalue weighted by Gasteiger charge is 2.45. The molecule has 4 aliphatic rings. The number of carbonyl (C=O) groups excluding carboxylic acids is 5. The van der Waals surface area contributed by atoms with E-state index < -0.39 is 29.7 Å². The Hall–Kier alpha value is -6.03. The van der Waals surface area contributed by atoms with Gasteiger partial charge in [-0.25, -0.2) is 9.97 Å². The van der Waals surface area contributed by atoms with Gasteiger partial charge in [0, 0.05) is 62.5 Å². The summed E-state index contributed by atoms with van der Waals surface area (Å²) in [6.07, 6.45) is 11.7. The molecule has 0 bridgehead atoms. The first-order valence-corrected chi connectivity index (χ1v) is 20.8. The molecule has 1 aliphatic carbocycles. The summed E-state index contributed by atoms with van der Waals surface area (Å²) in [5, 5.41) is 9.49. The zero-order chi connectivity index (χ0) is 41.2. The molecule has 16 nitrogen and oxygen atoms in total. The number of carbonyl (C=O) groups is 5. The third-order valence-corrected chi connectivity index (χ3v) is 12.2. The van der Waals surface area contributed by atoms with Gasteiger partial charge in [-0.15, -0.1) is 0 Å². The Morgan fingerprint density at radius 2 is 1.66 bits per heavy atom. The lowest BCUT2D eigenvalue weighted by molar-refractivity contribution is -0.136. The molecule has 16 heteroatoms. The van der Waals surface area contributed by atoms with E-state index in [4.69, 9.17) is 4.98 Å². The highest BCUT2D eigenvalue weighted by atomic mass is 16.2. The predicted molar refractivity (Wildman–Crippen MR) is 222 cm³/mol. The highest BCUT2D eigenvalue weighted by molar-refractivity contribution is 6.25. The van der Waals surface area contributed by atoms with Crippen molar-refractivity contribution in [3.05, 3.63) is 75.3 Å². The molecular formula is C43H50N10O6. The van der Waals surface area contributed by atoms with Gasteiger partial charge in [0.15, 0.2) is 5.78 Å². The summed E-state index contributed by atoms with van der Waals surface area (Å²) in [7, 11) is 0. The number of aryl methyl sites for hydroxylation is 1. The van der Waals surface area contributed by atoms with Crippen molar-refractivity contribution >= 4 is 63.6 Å². The van der Waals surface area contributed by atoms with Gasteiger partial charge in [0.25, 0.3) is 17.4 Å². The van der Waals surface area contributed by atoms with Crippen LogP contribution >= 0.6 is 0 Å². The number of hydrogen-bond acceptors (Lipinski definition) is 13. The second-order valence-electron chi connectivity index (χ2n) is 16.0. The molecule has 3 fully saturated rings. The van der Waals surface area contributed by atoms with Crippen LogP contribution < -0.4 is 26.4 Å². The van der Waals surface area contributed by atoms with E-state index in [0.717, 1.165) is 94.7 Å². The van der Waals surface area contributed by atoms with Crippen LogP contribution in [-0.2, 0) is 9.59 Å². The molecule has 0 radical (unpaired) electrons. The van der Waals surface area contributed by atoms with Crippen LogP contribution in [0.5, 0.6) is 0 Å². The van der Waals surface area contributed by atoms with Gasteiger partial charge in [-0.2, -0.15) is 4.98 Å². The minimum atomic E-state index is -0.984. The minimum Gasteiger partial charge on any atom is -0.384 e. The van der Waals surface area contributed by atoms with Gasteiger partial charge in [-0.05, 0) is 82.3 Å². The van der Waals surface area contributed by atoms with Crippen LogP contribution in [0.2, 0.25) is 0 Å². The van der Waals surface area contributed by atoms with Crippen molar-refractivity contribution in [1.82, 2.24) is 34.6 Å². The van der Waals surface area contributed by atoms with Gasteiger partial charge in [0.2, 0.25) is 17.8 Å². The number of aromatic nitrogens is 4. The summed E-state index contributed by atoms with van der Waals surface area (Å²) in [6, 6.07) is 8.10. The number of piperazine rings is 1. The average Bonchev–Trinajstić information content (AvgIpc) is 3.84. The lowest BCUT2D eigenvalue weighted by Gasteiger charge is -2.36. The van der Waals surface area contributed by atoms with Gasteiger partial charge < -0.3 is 15.5 Å². The van der Waals surface area contributed by atoms with Crippen LogP contribution in [0, 0.1) is 6.92 Å². The smallest absolute Gasteiger partial charge is 0.264 e. The number of imide groups is 2. The summed E-state index contributed by atoms with van der Waals surface area (Å²) in [5.41, 5.74) is 3.29. The maximum absolute atomic E-state index is 13.6. The van der Waals surface area contributed by atoms with Crippen molar-refractivity contribution in [2.45, 2.75) is 90.1 Å². The SMILES string of the molecule is CC(=O)c1c(C)c2cnc(Nc3ccc(N4CCN(CCCCCCNc5cccc6c5C(=O)N(C5CCC(=O)NC5=O)C6=O)CC4)cn3)nc2n(C2CCCC2)c1=O. The number of piperidine rings is 1. The maximum atomic E-state index is 13.6. The Bertz CT molecular complexity index is 2370. The molecule has 1 unspecified atom stereocenters. The molecule has 1 aromatic carbocycles. The molecular weight excluding hydrogens is 753 g/mol. The van der Waals surface area contributed by atoms with Gasteiger partial charge in [0.05, 0.1) is 28.6 Å². The van der Waals surface area contributed by atoms with Crippen LogP contribution in [0.1, 0.15) is 114 Å². The number of benzene rings is 1. The van der Waals surface area contributed by atoms with Gasteiger partial charge in [0.1, 0.15) is 17.5 Å². The topological polar surface area (TPSA) is 192 Å². The molecule has 4 aromatic rings. The molecule has 3 N–H and O–H groups in total. The molecule has 3 aliphatic heterocycles. The first-order chi connectivity index (χ1) is 28.6. The van der Waals surface area contributed by atoms with E-state index in [0.29, 0.717) is 40.6 Å². The average molecular weight is 803 g/mol. The van der Waals surface area contributed by atoms with Crippen molar-refractivity contribution in [3.63, 3.8) is 0 Å². The monoisotopic (exact) mass is 802 g/mol. The van der Waals surface area contributed by atoms with Crippen molar-refractivity contribution in [1.29, 1.82) is 0 Å². The van der Waals surface area contributed by atoms with Gasteiger partial charge in [-0.1, -0.05) is 31.7 Å².